The van der Waals surface area contributed by atoms with Gasteiger partial charge in [0.05, 0.1) is 7.11 Å². The van der Waals surface area contributed by atoms with E-state index in [4.69, 9.17) is 9.47 Å². The smallest absolute Gasteiger partial charge is 0.325 e. The Labute approximate surface area is 112 Å². The molecule has 0 bridgehead atoms. The van der Waals surface area contributed by atoms with Crippen molar-refractivity contribution < 1.29 is 9.47 Å². The largest absolute Gasteiger partial charge is 0.481 e. The molecule has 0 spiro atoms. The third-order valence-electron chi connectivity index (χ3n) is 2.51. The van der Waals surface area contributed by atoms with E-state index in [1.165, 1.54) is 0 Å². The fourth-order valence-electron chi connectivity index (χ4n) is 1.69. The van der Waals surface area contributed by atoms with Gasteiger partial charge in [0, 0.05) is 18.3 Å². The second-order valence-corrected chi connectivity index (χ2v) is 4.11. The van der Waals surface area contributed by atoms with Gasteiger partial charge in [-0.1, -0.05) is 12.1 Å². The second-order valence-electron chi connectivity index (χ2n) is 4.11. The number of hydrogen-bond donors (Lipinski definition) is 1. The molecular weight excluding hydrogens is 242 g/mol. The number of benzene rings is 1. The van der Waals surface area contributed by atoms with Gasteiger partial charge in [-0.25, -0.2) is 0 Å². The molecule has 0 aliphatic rings. The molecule has 19 heavy (non-hydrogen) atoms. The molecule has 5 heteroatoms. The lowest BCUT2D eigenvalue weighted by Crippen LogP contribution is -2.04. The summed E-state index contributed by atoms with van der Waals surface area (Å²) in [6, 6.07) is 9.84. The van der Waals surface area contributed by atoms with Crippen molar-refractivity contribution in [1.82, 2.24) is 15.3 Å². The van der Waals surface area contributed by atoms with Gasteiger partial charge in [0.25, 0.3) is 0 Å². The van der Waals surface area contributed by atoms with Gasteiger partial charge in [-0.05, 0) is 31.7 Å². The zero-order valence-electron chi connectivity index (χ0n) is 11.3. The highest BCUT2D eigenvalue weighted by Crippen LogP contribution is 2.21. The molecule has 100 valence electrons. The Morgan fingerprint density at radius 3 is 2.79 bits per heavy atom. The van der Waals surface area contributed by atoms with Crippen LogP contribution in [-0.2, 0) is 6.54 Å². The summed E-state index contributed by atoms with van der Waals surface area (Å²) < 4.78 is 10.8. The summed E-state index contributed by atoms with van der Waals surface area (Å²) in [5.74, 6) is 1.20. The van der Waals surface area contributed by atoms with Crippen LogP contribution in [0.15, 0.2) is 30.3 Å². The van der Waals surface area contributed by atoms with Crippen molar-refractivity contribution in [3.63, 3.8) is 0 Å². The van der Waals surface area contributed by atoms with Crippen LogP contribution in [0.4, 0.5) is 0 Å². The van der Waals surface area contributed by atoms with Crippen LogP contribution in [0.5, 0.6) is 17.6 Å². The minimum Gasteiger partial charge on any atom is -0.481 e. The van der Waals surface area contributed by atoms with Gasteiger partial charge in [-0.2, -0.15) is 9.97 Å². The lowest BCUT2D eigenvalue weighted by molar-refractivity contribution is 0.375. The Hall–Kier alpha value is -2.14. The molecule has 0 amide bonds. The van der Waals surface area contributed by atoms with Crippen LogP contribution in [0.3, 0.4) is 0 Å². The van der Waals surface area contributed by atoms with E-state index in [0.717, 1.165) is 17.8 Å². The molecule has 0 saturated carbocycles. The van der Waals surface area contributed by atoms with Gasteiger partial charge in [0.1, 0.15) is 5.75 Å². The van der Waals surface area contributed by atoms with Crippen molar-refractivity contribution in [2.45, 2.75) is 13.5 Å². The molecule has 0 saturated heterocycles. The molecule has 1 aromatic heterocycles. The number of nitrogens with zero attached hydrogens (tertiary/aromatic N) is 2. The third kappa shape index (κ3) is 3.66. The van der Waals surface area contributed by atoms with E-state index >= 15 is 0 Å². The fraction of sp³-hybridized carbons (Fsp3) is 0.286. The van der Waals surface area contributed by atoms with E-state index in [1.807, 2.05) is 38.2 Å². The summed E-state index contributed by atoms with van der Waals surface area (Å²) in [4.78, 5) is 8.38. The van der Waals surface area contributed by atoms with E-state index in [2.05, 4.69) is 15.3 Å². The first-order chi connectivity index (χ1) is 9.21. The maximum atomic E-state index is 5.66. The van der Waals surface area contributed by atoms with Crippen molar-refractivity contribution in [1.29, 1.82) is 0 Å². The maximum absolute atomic E-state index is 5.66. The Morgan fingerprint density at radius 1 is 1.21 bits per heavy atom. The van der Waals surface area contributed by atoms with Crippen LogP contribution in [0, 0.1) is 6.92 Å². The molecule has 5 nitrogen and oxygen atoms in total. The van der Waals surface area contributed by atoms with Gasteiger partial charge < -0.3 is 14.8 Å². The number of hydrogen-bond acceptors (Lipinski definition) is 5. The summed E-state index contributed by atoms with van der Waals surface area (Å²) in [6.45, 7) is 2.66. The molecule has 1 heterocycles. The Balaban J connectivity index is 2.20. The summed E-state index contributed by atoms with van der Waals surface area (Å²) in [6.07, 6.45) is 0. The highest BCUT2D eigenvalue weighted by atomic mass is 16.5. The lowest BCUT2D eigenvalue weighted by atomic mass is 10.2. The van der Waals surface area contributed by atoms with Crippen molar-refractivity contribution in [2.75, 3.05) is 14.2 Å². The molecule has 0 fully saturated rings. The van der Waals surface area contributed by atoms with Crippen molar-refractivity contribution in [3.8, 4) is 17.6 Å². The highest BCUT2D eigenvalue weighted by Gasteiger charge is 2.05. The van der Waals surface area contributed by atoms with Crippen LogP contribution in [-0.4, -0.2) is 24.1 Å². The molecule has 0 radical (unpaired) electrons. The van der Waals surface area contributed by atoms with Gasteiger partial charge in [-0.3, -0.25) is 0 Å². The summed E-state index contributed by atoms with van der Waals surface area (Å²) >= 11 is 0. The van der Waals surface area contributed by atoms with Crippen LogP contribution >= 0.6 is 0 Å². The number of aryl methyl sites for hydroxylation is 1. The summed E-state index contributed by atoms with van der Waals surface area (Å²) in [5, 5.41) is 3.10. The SMILES string of the molecule is CNCc1cccc(Oc2nc(C)cc(OC)n2)c1. The van der Waals surface area contributed by atoms with E-state index in [-0.39, 0.29) is 0 Å². The topological polar surface area (TPSA) is 56.3 Å². The van der Waals surface area contributed by atoms with E-state index in [1.54, 1.807) is 13.2 Å². The average molecular weight is 259 g/mol. The Bertz CT molecular complexity index is 558. The number of rotatable bonds is 5. The Morgan fingerprint density at radius 2 is 2.05 bits per heavy atom. The molecule has 1 N–H and O–H groups in total. The maximum Gasteiger partial charge on any atom is 0.325 e. The van der Waals surface area contributed by atoms with Gasteiger partial charge in [0.15, 0.2) is 0 Å². The standard InChI is InChI=1S/C14H17N3O2/c1-10-7-13(18-3)17-14(16-10)19-12-6-4-5-11(8-12)9-15-2/h4-8,15H,9H2,1-3H3. The number of methoxy groups -OCH3 is 1. The Kier molecular flexibility index (Phi) is 4.30. The van der Waals surface area contributed by atoms with Crippen LogP contribution in [0.1, 0.15) is 11.3 Å². The van der Waals surface area contributed by atoms with Gasteiger partial charge >= 0.3 is 6.01 Å². The molecular formula is C14H17N3O2. The third-order valence-corrected chi connectivity index (χ3v) is 2.51. The van der Waals surface area contributed by atoms with E-state index in [0.29, 0.717) is 17.6 Å². The predicted molar refractivity (Wildman–Crippen MR) is 72.6 cm³/mol. The molecule has 2 aromatic rings. The zero-order chi connectivity index (χ0) is 13.7. The van der Waals surface area contributed by atoms with Crippen LogP contribution < -0.4 is 14.8 Å². The molecule has 0 aliphatic heterocycles. The zero-order valence-corrected chi connectivity index (χ0v) is 11.3. The van der Waals surface area contributed by atoms with Crippen LogP contribution in [0.2, 0.25) is 0 Å². The van der Waals surface area contributed by atoms with Crippen LogP contribution in [0.25, 0.3) is 0 Å². The van der Waals surface area contributed by atoms with Crippen molar-refractivity contribution in [3.05, 3.63) is 41.6 Å². The van der Waals surface area contributed by atoms with Gasteiger partial charge in [0.2, 0.25) is 5.88 Å². The minimum atomic E-state index is 0.290. The lowest BCUT2D eigenvalue weighted by Gasteiger charge is -2.08. The monoisotopic (exact) mass is 259 g/mol. The minimum absolute atomic E-state index is 0.290. The normalized spacial score (nSPS) is 10.3. The first-order valence-electron chi connectivity index (χ1n) is 6.02. The highest BCUT2D eigenvalue weighted by molar-refractivity contribution is 5.31. The number of aromatic nitrogens is 2. The molecule has 0 atom stereocenters. The number of nitrogens with one attached hydrogen (secondary N) is 1. The quantitative estimate of drug-likeness (QED) is 0.893. The van der Waals surface area contributed by atoms with Crippen molar-refractivity contribution in [2.24, 2.45) is 0 Å². The van der Waals surface area contributed by atoms with E-state index < -0.39 is 0 Å². The molecule has 1 aromatic carbocycles. The average Bonchev–Trinajstić information content (AvgIpc) is 2.39. The number of ether oxygens (including phenoxy) is 2. The van der Waals surface area contributed by atoms with E-state index in [9.17, 15) is 0 Å². The molecule has 2 rings (SSSR count). The predicted octanol–water partition coefficient (Wildman–Crippen LogP) is 2.31. The summed E-state index contributed by atoms with van der Waals surface area (Å²) in [7, 11) is 3.47. The first kappa shape index (κ1) is 13.3. The molecule has 0 unspecified atom stereocenters. The fourth-order valence-corrected chi connectivity index (χ4v) is 1.69. The first-order valence-corrected chi connectivity index (χ1v) is 6.02. The molecule has 0 aliphatic carbocycles. The second kappa shape index (κ2) is 6.15. The van der Waals surface area contributed by atoms with Gasteiger partial charge in [-0.15, -0.1) is 0 Å². The summed E-state index contributed by atoms with van der Waals surface area (Å²) in [5.41, 5.74) is 1.94. The van der Waals surface area contributed by atoms with Crippen molar-refractivity contribution >= 4 is 0 Å².